The Labute approximate surface area is 98.4 Å². The van der Waals surface area contributed by atoms with Crippen molar-refractivity contribution in [2.24, 2.45) is 0 Å². The SMILES string of the molecule is FC[C@H](c1cc(F)ccc1F)N1CCNCC1. The molecule has 0 amide bonds. The molecule has 0 saturated carbocycles. The molecule has 94 valence electrons. The van der Waals surface area contributed by atoms with Gasteiger partial charge in [-0.3, -0.25) is 4.90 Å². The Hall–Kier alpha value is -1.07. The maximum atomic E-state index is 13.6. The van der Waals surface area contributed by atoms with E-state index in [1.54, 1.807) is 0 Å². The summed E-state index contributed by atoms with van der Waals surface area (Å²) in [5.74, 6) is -1.08. The topological polar surface area (TPSA) is 15.3 Å². The van der Waals surface area contributed by atoms with Crippen molar-refractivity contribution in [2.45, 2.75) is 6.04 Å². The summed E-state index contributed by atoms with van der Waals surface area (Å²) in [5, 5.41) is 3.14. The third-order valence-corrected chi connectivity index (χ3v) is 3.06. The molecule has 0 aliphatic carbocycles. The van der Waals surface area contributed by atoms with Gasteiger partial charge in [0.05, 0.1) is 6.04 Å². The Morgan fingerprint density at radius 1 is 1.24 bits per heavy atom. The highest BCUT2D eigenvalue weighted by Crippen LogP contribution is 2.25. The number of benzene rings is 1. The highest BCUT2D eigenvalue weighted by atomic mass is 19.1. The molecule has 0 radical (unpaired) electrons. The lowest BCUT2D eigenvalue weighted by molar-refractivity contribution is 0.144. The summed E-state index contributed by atoms with van der Waals surface area (Å²) in [6.45, 7) is 2.07. The number of rotatable bonds is 3. The number of nitrogens with one attached hydrogen (secondary N) is 1. The lowest BCUT2D eigenvalue weighted by atomic mass is 10.0. The molecular formula is C12H15F3N2. The molecule has 0 bridgehead atoms. The summed E-state index contributed by atoms with van der Waals surface area (Å²) in [5.41, 5.74) is 0.106. The van der Waals surface area contributed by atoms with E-state index < -0.39 is 24.4 Å². The molecule has 2 rings (SSSR count). The fourth-order valence-corrected chi connectivity index (χ4v) is 2.14. The van der Waals surface area contributed by atoms with Crippen molar-refractivity contribution in [1.29, 1.82) is 0 Å². The van der Waals surface area contributed by atoms with Crippen LogP contribution in [0.4, 0.5) is 13.2 Å². The minimum atomic E-state index is -0.708. The first-order valence-corrected chi connectivity index (χ1v) is 5.68. The number of nitrogens with zero attached hydrogens (tertiary/aromatic N) is 1. The largest absolute Gasteiger partial charge is 0.314 e. The van der Waals surface area contributed by atoms with Crippen molar-refractivity contribution in [1.82, 2.24) is 10.2 Å². The van der Waals surface area contributed by atoms with Crippen molar-refractivity contribution in [3.05, 3.63) is 35.4 Å². The lowest BCUT2D eigenvalue weighted by Crippen LogP contribution is -2.45. The monoisotopic (exact) mass is 244 g/mol. The second-order valence-electron chi connectivity index (χ2n) is 4.12. The first-order chi connectivity index (χ1) is 8.22. The Morgan fingerprint density at radius 2 is 1.94 bits per heavy atom. The van der Waals surface area contributed by atoms with E-state index in [2.05, 4.69) is 5.32 Å². The maximum absolute atomic E-state index is 13.6. The molecule has 17 heavy (non-hydrogen) atoms. The van der Waals surface area contributed by atoms with Gasteiger partial charge in [-0.05, 0) is 18.2 Å². The number of hydrogen-bond donors (Lipinski definition) is 1. The zero-order chi connectivity index (χ0) is 12.3. The van der Waals surface area contributed by atoms with Gasteiger partial charge in [0.25, 0.3) is 0 Å². The Balaban J connectivity index is 2.24. The van der Waals surface area contributed by atoms with Gasteiger partial charge < -0.3 is 5.32 Å². The second-order valence-corrected chi connectivity index (χ2v) is 4.12. The van der Waals surface area contributed by atoms with Crippen LogP contribution in [-0.2, 0) is 0 Å². The van der Waals surface area contributed by atoms with Gasteiger partial charge in [0.1, 0.15) is 18.3 Å². The van der Waals surface area contributed by atoms with E-state index in [0.717, 1.165) is 31.3 Å². The standard InChI is InChI=1S/C12H15F3N2/c13-8-12(17-5-3-16-4-6-17)10-7-9(14)1-2-11(10)15/h1-2,7,12,16H,3-6,8H2/t12-/m1/s1. The molecule has 1 aliphatic rings. The third kappa shape index (κ3) is 2.79. The van der Waals surface area contributed by atoms with Crippen LogP contribution in [-0.4, -0.2) is 37.8 Å². The van der Waals surface area contributed by atoms with Crippen molar-refractivity contribution in [3.8, 4) is 0 Å². The quantitative estimate of drug-likeness (QED) is 0.873. The summed E-state index contributed by atoms with van der Waals surface area (Å²) in [7, 11) is 0. The minimum Gasteiger partial charge on any atom is -0.314 e. The van der Waals surface area contributed by atoms with Gasteiger partial charge in [0.15, 0.2) is 0 Å². The van der Waals surface area contributed by atoms with Crippen LogP contribution >= 0.6 is 0 Å². The van der Waals surface area contributed by atoms with E-state index in [0.29, 0.717) is 13.1 Å². The maximum Gasteiger partial charge on any atom is 0.128 e. The smallest absolute Gasteiger partial charge is 0.128 e. The van der Waals surface area contributed by atoms with E-state index >= 15 is 0 Å². The lowest BCUT2D eigenvalue weighted by Gasteiger charge is -2.33. The number of hydrogen-bond acceptors (Lipinski definition) is 2. The second kappa shape index (κ2) is 5.51. The summed E-state index contributed by atoms with van der Waals surface area (Å²) in [6.07, 6.45) is 0. The molecular weight excluding hydrogens is 229 g/mol. The zero-order valence-electron chi connectivity index (χ0n) is 9.43. The van der Waals surface area contributed by atoms with Gasteiger partial charge in [0.2, 0.25) is 0 Å². The highest BCUT2D eigenvalue weighted by molar-refractivity contribution is 5.22. The van der Waals surface area contributed by atoms with Crippen LogP contribution in [0.1, 0.15) is 11.6 Å². The predicted octanol–water partition coefficient (Wildman–Crippen LogP) is 1.88. The van der Waals surface area contributed by atoms with Gasteiger partial charge >= 0.3 is 0 Å². The number of piperazine rings is 1. The fraction of sp³-hybridized carbons (Fsp3) is 0.500. The molecule has 1 heterocycles. The molecule has 5 heteroatoms. The van der Waals surface area contributed by atoms with Crippen molar-refractivity contribution in [2.75, 3.05) is 32.9 Å². The van der Waals surface area contributed by atoms with Gasteiger partial charge in [-0.15, -0.1) is 0 Å². The molecule has 2 nitrogen and oxygen atoms in total. The number of halogens is 3. The molecule has 0 unspecified atom stereocenters. The molecule has 1 fully saturated rings. The van der Waals surface area contributed by atoms with Crippen LogP contribution in [0.25, 0.3) is 0 Å². The van der Waals surface area contributed by atoms with Crippen molar-refractivity contribution < 1.29 is 13.2 Å². The summed E-state index contributed by atoms with van der Waals surface area (Å²) in [4.78, 5) is 1.84. The van der Waals surface area contributed by atoms with E-state index in [1.807, 2.05) is 4.90 Å². The summed E-state index contributed by atoms with van der Waals surface area (Å²) < 4.78 is 39.8. The van der Waals surface area contributed by atoms with Gasteiger partial charge in [-0.1, -0.05) is 0 Å². The average Bonchev–Trinajstić information content (AvgIpc) is 2.36. The van der Waals surface area contributed by atoms with Crippen molar-refractivity contribution >= 4 is 0 Å². The van der Waals surface area contributed by atoms with E-state index in [-0.39, 0.29) is 5.56 Å². The molecule has 1 N–H and O–H groups in total. The Morgan fingerprint density at radius 3 is 2.59 bits per heavy atom. The Bertz CT molecular complexity index is 378. The number of alkyl halides is 1. The average molecular weight is 244 g/mol. The zero-order valence-corrected chi connectivity index (χ0v) is 9.43. The van der Waals surface area contributed by atoms with E-state index in [4.69, 9.17) is 0 Å². The van der Waals surface area contributed by atoms with Crippen molar-refractivity contribution in [3.63, 3.8) is 0 Å². The van der Waals surface area contributed by atoms with Crippen LogP contribution in [0.3, 0.4) is 0 Å². The minimum absolute atomic E-state index is 0.106. The molecule has 1 atom stereocenters. The predicted molar refractivity (Wildman–Crippen MR) is 59.5 cm³/mol. The highest BCUT2D eigenvalue weighted by Gasteiger charge is 2.24. The van der Waals surface area contributed by atoms with Crippen LogP contribution in [0.15, 0.2) is 18.2 Å². The summed E-state index contributed by atoms with van der Waals surface area (Å²) in [6, 6.07) is 2.50. The first kappa shape index (κ1) is 12.4. The fourth-order valence-electron chi connectivity index (χ4n) is 2.14. The first-order valence-electron chi connectivity index (χ1n) is 5.68. The van der Waals surface area contributed by atoms with Gasteiger partial charge in [0, 0.05) is 31.7 Å². The van der Waals surface area contributed by atoms with E-state index in [1.165, 1.54) is 0 Å². The molecule has 1 aromatic carbocycles. The molecule has 1 saturated heterocycles. The van der Waals surface area contributed by atoms with Crippen LogP contribution in [0.2, 0.25) is 0 Å². The Kier molecular flexibility index (Phi) is 4.02. The molecule has 0 spiro atoms. The van der Waals surface area contributed by atoms with Gasteiger partial charge in [-0.2, -0.15) is 0 Å². The third-order valence-electron chi connectivity index (χ3n) is 3.06. The molecule has 1 aromatic rings. The van der Waals surface area contributed by atoms with E-state index in [9.17, 15) is 13.2 Å². The molecule has 0 aromatic heterocycles. The van der Waals surface area contributed by atoms with Crippen LogP contribution in [0.5, 0.6) is 0 Å². The van der Waals surface area contributed by atoms with Crippen LogP contribution < -0.4 is 5.32 Å². The normalized spacial score (nSPS) is 19.2. The molecule has 1 aliphatic heterocycles. The summed E-state index contributed by atoms with van der Waals surface area (Å²) >= 11 is 0. The van der Waals surface area contributed by atoms with Crippen LogP contribution in [0, 0.1) is 11.6 Å². The van der Waals surface area contributed by atoms with Gasteiger partial charge in [-0.25, -0.2) is 13.2 Å².